The maximum absolute atomic E-state index is 11.2. The van der Waals surface area contributed by atoms with Gasteiger partial charge in [-0.3, -0.25) is 4.79 Å². The van der Waals surface area contributed by atoms with Gasteiger partial charge in [0.2, 0.25) is 0 Å². The summed E-state index contributed by atoms with van der Waals surface area (Å²) in [6.45, 7) is 2.25. The van der Waals surface area contributed by atoms with Gasteiger partial charge in [0, 0.05) is 0 Å². The number of hydrogen-bond donors (Lipinski definition) is 1. The molecule has 0 amide bonds. The van der Waals surface area contributed by atoms with Crippen molar-refractivity contribution in [3.8, 4) is 0 Å². The van der Waals surface area contributed by atoms with E-state index in [0.717, 1.165) is 0 Å². The van der Waals surface area contributed by atoms with E-state index in [9.17, 15) is 13.2 Å². The van der Waals surface area contributed by atoms with Gasteiger partial charge in [0.1, 0.15) is 6.04 Å². The number of sulfone groups is 1. The maximum atomic E-state index is 11.2. The molecule has 1 aliphatic heterocycles. The highest BCUT2D eigenvalue weighted by Gasteiger charge is 2.28. The zero-order valence-corrected chi connectivity index (χ0v) is 9.84. The van der Waals surface area contributed by atoms with Crippen LogP contribution < -0.4 is 5.32 Å². The van der Waals surface area contributed by atoms with Crippen LogP contribution in [0.1, 0.15) is 13.3 Å². The van der Waals surface area contributed by atoms with Crippen LogP contribution in [0.2, 0.25) is 0 Å². The molecule has 1 heterocycles. The maximum Gasteiger partial charge on any atom is 0.322 e. The van der Waals surface area contributed by atoms with Gasteiger partial charge in [0.05, 0.1) is 18.6 Å². The van der Waals surface area contributed by atoms with Crippen LogP contribution in [0.4, 0.5) is 0 Å². The van der Waals surface area contributed by atoms with Crippen LogP contribution in [0.3, 0.4) is 0 Å². The standard InChI is InChI=1S/C9H17NO4S/c1-7(9(11)14-2)10-5-8-3-4-15(12,13)6-8/h7-8,10H,3-6H2,1-2H3. The Morgan fingerprint density at radius 3 is 2.73 bits per heavy atom. The second kappa shape index (κ2) is 4.94. The van der Waals surface area contributed by atoms with Gasteiger partial charge in [-0.15, -0.1) is 0 Å². The Hall–Kier alpha value is -0.620. The van der Waals surface area contributed by atoms with Crippen molar-refractivity contribution in [2.45, 2.75) is 19.4 Å². The molecule has 0 spiro atoms. The first-order valence-electron chi connectivity index (χ1n) is 4.96. The summed E-state index contributed by atoms with van der Waals surface area (Å²) in [5.74, 6) is 0.304. The van der Waals surface area contributed by atoms with Crippen LogP contribution in [-0.4, -0.2) is 45.6 Å². The monoisotopic (exact) mass is 235 g/mol. The topological polar surface area (TPSA) is 72.5 Å². The van der Waals surface area contributed by atoms with Crippen molar-refractivity contribution < 1.29 is 17.9 Å². The molecule has 6 heteroatoms. The number of rotatable bonds is 4. The fraction of sp³-hybridized carbons (Fsp3) is 0.889. The lowest BCUT2D eigenvalue weighted by Gasteiger charge is -2.14. The van der Waals surface area contributed by atoms with E-state index >= 15 is 0 Å². The van der Waals surface area contributed by atoms with E-state index in [0.29, 0.717) is 13.0 Å². The first-order chi connectivity index (χ1) is 6.94. The predicted molar refractivity (Wildman–Crippen MR) is 56.2 cm³/mol. The molecule has 0 aromatic carbocycles. The Balaban J connectivity index is 2.30. The molecular weight excluding hydrogens is 218 g/mol. The van der Waals surface area contributed by atoms with Crippen molar-refractivity contribution in [2.24, 2.45) is 5.92 Å². The summed E-state index contributed by atoms with van der Waals surface area (Å²) < 4.78 is 26.9. The van der Waals surface area contributed by atoms with Crippen LogP contribution >= 0.6 is 0 Å². The summed E-state index contributed by atoms with van der Waals surface area (Å²) in [6, 6.07) is -0.377. The Kier molecular flexibility index (Phi) is 4.10. The Labute approximate surface area is 90.1 Å². The van der Waals surface area contributed by atoms with E-state index in [-0.39, 0.29) is 29.4 Å². The molecule has 1 saturated heterocycles. The largest absolute Gasteiger partial charge is 0.468 e. The molecular formula is C9H17NO4S. The average Bonchev–Trinajstić information content (AvgIpc) is 2.53. The average molecular weight is 235 g/mol. The molecule has 1 rings (SSSR count). The Bertz CT molecular complexity index is 325. The van der Waals surface area contributed by atoms with Gasteiger partial charge in [-0.25, -0.2) is 8.42 Å². The molecule has 0 aromatic heterocycles. The summed E-state index contributed by atoms with van der Waals surface area (Å²) in [5.41, 5.74) is 0. The number of carbonyl (C=O) groups excluding carboxylic acids is 1. The van der Waals surface area contributed by atoms with Crippen molar-refractivity contribution >= 4 is 15.8 Å². The lowest BCUT2D eigenvalue weighted by atomic mass is 10.1. The third kappa shape index (κ3) is 3.79. The first kappa shape index (κ1) is 12.4. The van der Waals surface area contributed by atoms with Crippen molar-refractivity contribution in [3.63, 3.8) is 0 Å². The number of methoxy groups -OCH3 is 1. The van der Waals surface area contributed by atoms with E-state index in [2.05, 4.69) is 10.1 Å². The van der Waals surface area contributed by atoms with Gasteiger partial charge in [0.15, 0.2) is 9.84 Å². The van der Waals surface area contributed by atoms with Gasteiger partial charge in [-0.05, 0) is 25.8 Å². The highest BCUT2D eigenvalue weighted by molar-refractivity contribution is 7.91. The number of hydrogen-bond acceptors (Lipinski definition) is 5. The van der Waals surface area contributed by atoms with Gasteiger partial charge < -0.3 is 10.1 Å². The van der Waals surface area contributed by atoms with Crippen LogP contribution in [-0.2, 0) is 19.4 Å². The van der Waals surface area contributed by atoms with E-state index in [1.54, 1.807) is 6.92 Å². The summed E-state index contributed by atoms with van der Waals surface area (Å²) in [7, 11) is -1.49. The molecule has 1 fully saturated rings. The molecule has 0 bridgehead atoms. The molecule has 1 aliphatic rings. The first-order valence-corrected chi connectivity index (χ1v) is 6.78. The summed E-state index contributed by atoms with van der Waals surface area (Å²) in [4.78, 5) is 11.0. The quantitative estimate of drug-likeness (QED) is 0.670. The van der Waals surface area contributed by atoms with Gasteiger partial charge in [-0.2, -0.15) is 0 Å². The molecule has 0 aromatic rings. The second-order valence-corrected chi connectivity index (χ2v) is 6.15. The third-order valence-electron chi connectivity index (χ3n) is 2.59. The van der Waals surface area contributed by atoms with E-state index in [1.807, 2.05) is 0 Å². The number of nitrogens with one attached hydrogen (secondary N) is 1. The molecule has 0 radical (unpaired) electrons. The smallest absolute Gasteiger partial charge is 0.322 e. The Morgan fingerprint density at radius 2 is 2.27 bits per heavy atom. The second-order valence-electron chi connectivity index (χ2n) is 3.92. The minimum Gasteiger partial charge on any atom is -0.468 e. The number of ether oxygens (including phenoxy) is 1. The molecule has 2 unspecified atom stereocenters. The molecule has 88 valence electrons. The van der Waals surface area contributed by atoms with Crippen LogP contribution in [0.5, 0.6) is 0 Å². The highest BCUT2D eigenvalue weighted by Crippen LogP contribution is 2.17. The Morgan fingerprint density at radius 1 is 1.60 bits per heavy atom. The zero-order chi connectivity index (χ0) is 11.5. The minimum absolute atomic E-state index is 0.127. The van der Waals surface area contributed by atoms with Crippen LogP contribution in [0, 0.1) is 5.92 Å². The third-order valence-corrected chi connectivity index (χ3v) is 4.43. The predicted octanol–water partition coefficient (Wildman–Crippen LogP) is -0.428. The summed E-state index contributed by atoms with van der Waals surface area (Å²) in [5, 5.41) is 2.97. The van der Waals surface area contributed by atoms with E-state index < -0.39 is 9.84 Å². The summed E-state index contributed by atoms with van der Waals surface area (Å²) in [6.07, 6.45) is 0.684. The minimum atomic E-state index is -2.83. The number of carbonyl (C=O) groups is 1. The zero-order valence-electron chi connectivity index (χ0n) is 9.02. The normalized spacial score (nSPS) is 26.1. The fourth-order valence-corrected chi connectivity index (χ4v) is 3.50. The highest BCUT2D eigenvalue weighted by atomic mass is 32.2. The van der Waals surface area contributed by atoms with Crippen LogP contribution in [0.25, 0.3) is 0 Å². The number of esters is 1. The molecule has 0 saturated carbocycles. The molecule has 0 aliphatic carbocycles. The van der Waals surface area contributed by atoms with Gasteiger partial charge in [0.25, 0.3) is 0 Å². The lowest BCUT2D eigenvalue weighted by Crippen LogP contribution is -2.38. The molecule has 5 nitrogen and oxygen atoms in total. The van der Waals surface area contributed by atoms with Crippen molar-refractivity contribution in [3.05, 3.63) is 0 Å². The van der Waals surface area contributed by atoms with Gasteiger partial charge in [-0.1, -0.05) is 0 Å². The van der Waals surface area contributed by atoms with Gasteiger partial charge >= 0.3 is 5.97 Å². The fourth-order valence-electron chi connectivity index (χ4n) is 1.64. The molecule has 1 N–H and O–H groups in total. The van der Waals surface area contributed by atoms with Crippen molar-refractivity contribution in [2.75, 3.05) is 25.2 Å². The van der Waals surface area contributed by atoms with Crippen molar-refractivity contribution in [1.82, 2.24) is 5.32 Å². The van der Waals surface area contributed by atoms with E-state index in [4.69, 9.17) is 0 Å². The molecule has 2 atom stereocenters. The van der Waals surface area contributed by atoms with E-state index in [1.165, 1.54) is 7.11 Å². The lowest BCUT2D eigenvalue weighted by molar-refractivity contribution is -0.142. The van der Waals surface area contributed by atoms with Crippen LogP contribution in [0.15, 0.2) is 0 Å². The van der Waals surface area contributed by atoms with Crippen molar-refractivity contribution in [1.29, 1.82) is 0 Å². The SMILES string of the molecule is COC(=O)C(C)NCC1CCS(=O)(=O)C1. The molecule has 15 heavy (non-hydrogen) atoms. The summed E-state index contributed by atoms with van der Waals surface area (Å²) >= 11 is 0.